The number of hydrogen-bond donors (Lipinski definition) is 1. The van der Waals surface area contributed by atoms with Crippen molar-refractivity contribution in [3.8, 4) is 0 Å². The van der Waals surface area contributed by atoms with Gasteiger partial charge in [-0.2, -0.15) is 0 Å². The molecule has 2 aromatic carbocycles. The van der Waals surface area contributed by atoms with E-state index in [1.165, 1.54) is 11.3 Å². The van der Waals surface area contributed by atoms with Crippen molar-refractivity contribution in [1.29, 1.82) is 0 Å². The summed E-state index contributed by atoms with van der Waals surface area (Å²) in [6, 6.07) is 16.4. The molecule has 1 N–H and O–H groups in total. The van der Waals surface area contributed by atoms with Crippen LogP contribution in [0.2, 0.25) is 5.02 Å². The standard InChI is InChI=1S/C20H18ClN3O2S/c1-24(12-15-9-5-6-10-17(15)21)18(25)11-16-13-27-20(22-16)23-19(26)14-7-3-2-4-8-14/h2-10,13H,11-12H2,1H3,(H,22,23,26). The van der Waals surface area contributed by atoms with Gasteiger partial charge in [0.1, 0.15) is 0 Å². The molecule has 7 heteroatoms. The predicted molar refractivity (Wildman–Crippen MR) is 108 cm³/mol. The predicted octanol–water partition coefficient (Wildman–Crippen LogP) is 4.25. The number of likely N-dealkylation sites (N-methyl/N-ethyl adjacent to an activating group) is 1. The second kappa shape index (κ2) is 8.79. The Balaban J connectivity index is 1.57. The number of carbonyl (C=O) groups excluding carboxylic acids is 2. The highest BCUT2D eigenvalue weighted by molar-refractivity contribution is 7.14. The number of nitrogens with one attached hydrogen (secondary N) is 1. The van der Waals surface area contributed by atoms with Gasteiger partial charge in [-0.1, -0.05) is 48.0 Å². The highest BCUT2D eigenvalue weighted by atomic mass is 35.5. The fraction of sp³-hybridized carbons (Fsp3) is 0.150. The van der Waals surface area contributed by atoms with Gasteiger partial charge in [-0.15, -0.1) is 11.3 Å². The number of carbonyl (C=O) groups is 2. The zero-order valence-corrected chi connectivity index (χ0v) is 16.3. The molecule has 0 fully saturated rings. The summed E-state index contributed by atoms with van der Waals surface area (Å²) in [5, 5.41) is 5.64. The zero-order valence-electron chi connectivity index (χ0n) is 14.7. The normalized spacial score (nSPS) is 10.4. The lowest BCUT2D eigenvalue weighted by Gasteiger charge is -2.17. The summed E-state index contributed by atoms with van der Waals surface area (Å²) >= 11 is 7.44. The van der Waals surface area contributed by atoms with E-state index in [4.69, 9.17) is 11.6 Å². The Morgan fingerprint density at radius 3 is 2.56 bits per heavy atom. The quantitative estimate of drug-likeness (QED) is 0.674. The van der Waals surface area contributed by atoms with Crippen LogP contribution >= 0.6 is 22.9 Å². The lowest BCUT2D eigenvalue weighted by atomic mass is 10.2. The van der Waals surface area contributed by atoms with E-state index in [-0.39, 0.29) is 18.2 Å². The van der Waals surface area contributed by atoms with Gasteiger partial charge in [0.05, 0.1) is 12.1 Å². The van der Waals surface area contributed by atoms with E-state index in [0.29, 0.717) is 28.0 Å². The van der Waals surface area contributed by atoms with Crippen molar-refractivity contribution in [3.05, 3.63) is 81.8 Å². The molecule has 1 heterocycles. The molecule has 1 aromatic heterocycles. The molecule has 0 unspecified atom stereocenters. The zero-order chi connectivity index (χ0) is 19.2. The number of anilines is 1. The van der Waals surface area contributed by atoms with Gasteiger partial charge >= 0.3 is 0 Å². The van der Waals surface area contributed by atoms with E-state index in [0.717, 1.165) is 5.56 Å². The molecule has 0 spiro atoms. The van der Waals surface area contributed by atoms with Crippen LogP contribution in [-0.2, 0) is 17.8 Å². The molecule has 0 bridgehead atoms. The summed E-state index contributed by atoms with van der Waals surface area (Å²) in [7, 11) is 1.73. The van der Waals surface area contributed by atoms with Crippen LogP contribution < -0.4 is 5.32 Å². The molecule has 0 aliphatic rings. The minimum atomic E-state index is -0.223. The maximum atomic E-state index is 12.4. The number of amides is 2. The van der Waals surface area contributed by atoms with Gasteiger partial charge in [0, 0.05) is 29.6 Å². The van der Waals surface area contributed by atoms with Crippen molar-refractivity contribution in [3.63, 3.8) is 0 Å². The third kappa shape index (κ3) is 5.15. The molecule has 0 saturated carbocycles. The second-order valence-electron chi connectivity index (χ2n) is 5.98. The monoisotopic (exact) mass is 399 g/mol. The molecular formula is C20H18ClN3O2S. The van der Waals surface area contributed by atoms with Crippen molar-refractivity contribution in [2.45, 2.75) is 13.0 Å². The van der Waals surface area contributed by atoms with Crippen molar-refractivity contribution in [2.75, 3.05) is 12.4 Å². The Hall–Kier alpha value is -2.70. The minimum Gasteiger partial charge on any atom is -0.341 e. The first-order chi connectivity index (χ1) is 13.0. The molecule has 0 aliphatic carbocycles. The Morgan fingerprint density at radius 2 is 1.81 bits per heavy atom. The van der Waals surface area contributed by atoms with E-state index < -0.39 is 0 Å². The van der Waals surface area contributed by atoms with Crippen LogP contribution in [0.25, 0.3) is 0 Å². The molecule has 0 aliphatic heterocycles. The maximum Gasteiger partial charge on any atom is 0.257 e. The molecule has 0 saturated heterocycles. The average molecular weight is 400 g/mol. The van der Waals surface area contributed by atoms with Crippen molar-refractivity contribution >= 4 is 39.9 Å². The molecule has 3 aromatic rings. The van der Waals surface area contributed by atoms with Gasteiger partial charge in [-0.05, 0) is 23.8 Å². The van der Waals surface area contributed by atoms with Gasteiger partial charge in [0.15, 0.2) is 5.13 Å². The highest BCUT2D eigenvalue weighted by Gasteiger charge is 2.15. The van der Waals surface area contributed by atoms with Gasteiger partial charge in [0.2, 0.25) is 5.91 Å². The first kappa shape index (κ1) is 19.1. The van der Waals surface area contributed by atoms with Crippen molar-refractivity contribution in [2.24, 2.45) is 0 Å². The van der Waals surface area contributed by atoms with Gasteiger partial charge < -0.3 is 4.90 Å². The van der Waals surface area contributed by atoms with Crippen LogP contribution in [-0.4, -0.2) is 28.7 Å². The maximum absolute atomic E-state index is 12.4. The number of benzene rings is 2. The lowest BCUT2D eigenvalue weighted by molar-refractivity contribution is -0.129. The van der Waals surface area contributed by atoms with Crippen molar-refractivity contribution in [1.82, 2.24) is 9.88 Å². The summed E-state index contributed by atoms with van der Waals surface area (Å²) in [4.78, 5) is 30.5. The molecule has 0 radical (unpaired) electrons. The number of hydrogen-bond acceptors (Lipinski definition) is 4. The summed E-state index contributed by atoms with van der Waals surface area (Å²) in [5.74, 6) is -0.292. The number of aromatic nitrogens is 1. The number of rotatable bonds is 6. The number of thiazole rings is 1. The Morgan fingerprint density at radius 1 is 1.11 bits per heavy atom. The Labute approximate surface area is 166 Å². The third-order valence-corrected chi connectivity index (χ3v) is 5.11. The molecule has 5 nitrogen and oxygen atoms in total. The molecule has 0 atom stereocenters. The first-order valence-corrected chi connectivity index (χ1v) is 9.57. The smallest absolute Gasteiger partial charge is 0.257 e. The fourth-order valence-corrected chi connectivity index (χ4v) is 3.37. The van der Waals surface area contributed by atoms with E-state index in [2.05, 4.69) is 10.3 Å². The van der Waals surface area contributed by atoms with E-state index in [1.54, 1.807) is 47.7 Å². The van der Waals surface area contributed by atoms with Crippen LogP contribution in [0.1, 0.15) is 21.6 Å². The molecule has 138 valence electrons. The van der Waals surface area contributed by atoms with Gasteiger partial charge in [0.25, 0.3) is 5.91 Å². The topological polar surface area (TPSA) is 62.3 Å². The Bertz CT molecular complexity index is 943. The van der Waals surface area contributed by atoms with Crippen LogP contribution in [0.4, 0.5) is 5.13 Å². The van der Waals surface area contributed by atoms with Crippen LogP contribution in [0.5, 0.6) is 0 Å². The summed E-state index contributed by atoms with van der Waals surface area (Å²) in [6.45, 7) is 0.431. The number of nitrogens with zero attached hydrogens (tertiary/aromatic N) is 2. The first-order valence-electron chi connectivity index (χ1n) is 8.31. The molecule has 2 amide bonds. The van der Waals surface area contributed by atoms with Crippen LogP contribution in [0, 0.1) is 0 Å². The second-order valence-corrected chi connectivity index (χ2v) is 7.25. The van der Waals surface area contributed by atoms with Crippen molar-refractivity contribution < 1.29 is 9.59 Å². The SMILES string of the molecule is CN(Cc1ccccc1Cl)C(=O)Cc1csc(NC(=O)c2ccccc2)n1. The van der Waals surface area contributed by atoms with E-state index >= 15 is 0 Å². The van der Waals surface area contributed by atoms with E-state index in [9.17, 15) is 9.59 Å². The average Bonchev–Trinajstić information content (AvgIpc) is 3.11. The van der Waals surface area contributed by atoms with Crippen LogP contribution in [0.15, 0.2) is 60.0 Å². The highest BCUT2D eigenvalue weighted by Crippen LogP contribution is 2.19. The Kier molecular flexibility index (Phi) is 6.21. The summed E-state index contributed by atoms with van der Waals surface area (Å²) in [6.07, 6.45) is 0.165. The molecular weight excluding hydrogens is 382 g/mol. The van der Waals surface area contributed by atoms with Gasteiger partial charge in [-0.25, -0.2) is 4.98 Å². The number of halogens is 1. The lowest BCUT2D eigenvalue weighted by Crippen LogP contribution is -2.28. The molecule has 27 heavy (non-hydrogen) atoms. The summed E-state index contributed by atoms with van der Waals surface area (Å²) < 4.78 is 0. The van der Waals surface area contributed by atoms with E-state index in [1.807, 2.05) is 24.3 Å². The minimum absolute atomic E-state index is 0.0684. The fourth-order valence-electron chi connectivity index (χ4n) is 2.46. The summed E-state index contributed by atoms with van der Waals surface area (Å²) in [5.41, 5.74) is 2.08. The largest absolute Gasteiger partial charge is 0.341 e. The molecule has 3 rings (SSSR count). The third-order valence-electron chi connectivity index (χ3n) is 3.93. The van der Waals surface area contributed by atoms with Crippen LogP contribution in [0.3, 0.4) is 0 Å². The van der Waals surface area contributed by atoms with Gasteiger partial charge in [-0.3, -0.25) is 14.9 Å².